The van der Waals surface area contributed by atoms with E-state index in [0.717, 1.165) is 40.8 Å². The first-order valence-corrected chi connectivity index (χ1v) is 12.8. The second-order valence-electron chi connectivity index (χ2n) is 9.56. The molecule has 2 aromatic heterocycles. The first-order valence-electron chi connectivity index (χ1n) is 12.8. The van der Waals surface area contributed by atoms with E-state index in [1.165, 1.54) is 23.8 Å². The monoisotopic (exact) mass is 494 g/mol. The van der Waals surface area contributed by atoms with Gasteiger partial charge in [0.1, 0.15) is 0 Å². The number of aromatic amines is 1. The predicted octanol–water partition coefficient (Wildman–Crippen LogP) is 4.72. The summed E-state index contributed by atoms with van der Waals surface area (Å²) in [6.45, 7) is 2.15. The summed E-state index contributed by atoms with van der Waals surface area (Å²) in [7, 11) is 0. The molecular weight excluding hydrogens is 464 g/mol. The molecule has 0 radical (unpaired) electrons. The van der Waals surface area contributed by atoms with Gasteiger partial charge in [-0.3, -0.25) is 9.36 Å². The van der Waals surface area contributed by atoms with Crippen LogP contribution in [-0.2, 0) is 13.0 Å². The van der Waals surface area contributed by atoms with Crippen LogP contribution in [0.4, 0.5) is 0 Å². The Morgan fingerprint density at radius 1 is 1.05 bits per heavy atom. The fraction of sp³-hybridized carbons (Fsp3) is 0.345. The summed E-state index contributed by atoms with van der Waals surface area (Å²) in [5.41, 5.74) is 4.35. The van der Waals surface area contributed by atoms with Crippen LogP contribution in [0.1, 0.15) is 61.5 Å². The Bertz CT molecular complexity index is 1480. The van der Waals surface area contributed by atoms with E-state index in [0.29, 0.717) is 31.1 Å². The number of imidazole rings is 1. The normalized spacial score (nSPS) is 13.8. The Balaban J connectivity index is 1.40. The fourth-order valence-electron chi connectivity index (χ4n) is 5.12. The van der Waals surface area contributed by atoms with Crippen molar-refractivity contribution in [3.63, 3.8) is 0 Å². The van der Waals surface area contributed by atoms with E-state index in [1.807, 2.05) is 48.5 Å². The highest BCUT2D eigenvalue weighted by molar-refractivity contribution is 5.80. The van der Waals surface area contributed by atoms with Gasteiger partial charge in [-0.05, 0) is 52.8 Å². The number of aromatic nitrogens is 6. The zero-order chi connectivity index (χ0) is 25.6. The first-order chi connectivity index (χ1) is 18.1. The molecule has 5 rings (SSSR count). The molecule has 0 atom stereocenters. The van der Waals surface area contributed by atoms with Crippen molar-refractivity contribution in [1.82, 2.24) is 29.8 Å². The van der Waals surface area contributed by atoms with Crippen LogP contribution in [0.15, 0.2) is 59.5 Å². The zero-order valence-corrected chi connectivity index (χ0v) is 21.0. The van der Waals surface area contributed by atoms with Crippen LogP contribution in [-0.4, -0.2) is 35.7 Å². The zero-order valence-electron chi connectivity index (χ0n) is 21.0. The topological polar surface area (TPSA) is 98.5 Å². The van der Waals surface area contributed by atoms with Crippen LogP contribution < -0.4 is 5.69 Å². The molecule has 1 aliphatic carbocycles. The lowest BCUT2D eigenvalue weighted by molar-refractivity contribution is 0.0863. The van der Waals surface area contributed by atoms with Crippen LogP contribution in [0.3, 0.4) is 0 Å². The molecule has 1 fully saturated rings. The largest absolute Gasteiger partial charge is 0.335 e. The fourth-order valence-corrected chi connectivity index (χ4v) is 5.12. The molecule has 0 bridgehead atoms. The minimum absolute atomic E-state index is 0.116. The molecular formula is C29H30N6O2. The van der Waals surface area contributed by atoms with Crippen molar-refractivity contribution in [2.75, 3.05) is 0 Å². The molecule has 2 heterocycles. The van der Waals surface area contributed by atoms with Crippen LogP contribution in [0.2, 0.25) is 0 Å². The van der Waals surface area contributed by atoms with Crippen molar-refractivity contribution in [2.24, 2.45) is 5.92 Å². The number of carbonyl (C=O) groups excluding carboxylic acids is 1. The predicted molar refractivity (Wildman–Crippen MR) is 142 cm³/mol. The number of tetrazole rings is 1. The molecule has 0 spiro atoms. The number of hydrogen-bond acceptors (Lipinski definition) is 5. The molecule has 1 aliphatic rings. The Morgan fingerprint density at radius 3 is 2.51 bits per heavy atom. The smallest absolute Gasteiger partial charge is 0.291 e. The summed E-state index contributed by atoms with van der Waals surface area (Å²) in [5.74, 6) is 6.81. The van der Waals surface area contributed by atoms with E-state index < -0.39 is 0 Å². The van der Waals surface area contributed by atoms with E-state index in [1.54, 1.807) is 17.7 Å². The van der Waals surface area contributed by atoms with Gasteiger partial charge >= 0.3 is 5.69 Å². The minimum atomic E-state index is -0.291. The second kappa shape index (κ2) is 11.2. The van der Waals surface area contributed by atoms with Gasteiger partial charge in [-0.1, -0.05) is 73.7 Å². The van der Waals surface area contributed by atoms with Crippen molar-refractivity contribution < 1.29 is 4.79 Å². The van der Waals surface area contributed by atoms with E-state index in [4.69, 9.17) is 0 Å². The van der Waals surface area contributed by atoms with Gasteiger partial charge in [0.15, 0.2) is 5.82 Å². The van der Waals surface area contributed by atoms with Gasteiger partial charge in [0.25, 0.3) is 0 Å². The average molecular weight is 495 g/mol. The van der Waals surface area contributed by atoms with Crippen molar-refractivity contribution >= 4 is 5.91 Å². The highest BCUT2D eigenvalue weighted by atomic mass is 16.2. The molecule has 1 N–H and O–H groups in total. The summed E-state index contributed by atoms with van der Waals surface area (Å²) in [5, 5.41) is 14.3. The Kier molecular flexibility index (Phi) is 7.41. The lowest BCUT2D eigenvalue weighted by Crippen LogP contribution is -2.30. The number of hydrogen-bond donors (Lipinski definition) is 1. The maximum Gasteiger partial charge on any atom is 0.335 e. The number of nitrogens with one attached hydrogen (secondary N) is 1. The highest BCUT2D eigenvalue weighted by Crippen LogP contribution is 2.30. The summed E-state index contributed by atoms with van der Waals surface area (Å²) in [4.78, 5) is 26.4. The molecule has 0 aliphatic heterocycles. The van der Waals surface area contributed by atoms with Gasteiger partial charge in [0, 0.05) is 18.2 Å². The van der Waals surface area contributed by atoms with Crippen LogP contribution >= 0.6 is 0 Å². The minimum Gasteiger partial charge on any atom is -0.291 e. The molecule has 0 amide bonds. The number of benzene rings is 2. The molecule has 0 unspecified atom stereocenters. The van der Waals surface area contributed by atoms with E-state index in [9.17, 15) is 9.59 Å². The molecule has 188 valence electrons. The SMILES string of the molecule is CC#CCc1cn(C(=O)CC2CCCCC2)c(=O)n1Cc1ccc(-c2ccccc2-c2nnn[nH]2)cc1. The molecule has 1 saturated carbocycles. The lowest BCUT2D eigenvalue weighted by atomic mass is 9.87. The Hall–Kier alpha value is -4.25. The summed E-state index contributed by atoms with van der Waals surface area (Å²) >= 11 is 0. The van der Waals surface area contributed by atoms with Gasteiger partial charge < -0.3 is 0 Å². The van der Waals surface area contributed by atoms with Gasteiger partial charge in [0.2, 0.25) is 5.91 Å². The van der Waals surface area contributed by atoms with E-state index in [-0.39, 0.29) is 11.6 Å². The lowest BCUT2D eigenvalue weighted by Gasteiger charge is -2.20. The van der Waals surface area contributed by atoms with Gasteiger partial charge in [0.05, 0.1) is 18.7 Å². The van der Waals surface area contributed by atoms with Gasteiger partial charge in [-0.15, -0.1) is 11.0 Å². The molecule has 2 aromatic carbocycles. The maximum atomic E-state index is 13.3. The van der Waals surface area contributed by atoms with E-state index >= 15 is 0 Å². The van der Waals surface area contributed by atoms with Crippen LogP contribution in [0, 0.1) is 17.8 Å². The molecule has 0 saturated heterocycles. The van der Waals surface area contributed by atoms with Crippen molar-refractivity contribution in [1.29, 1.82) is 0 Å². The maximum absolute atomic E-state index is 13.3. The van der Waals surface area contributed by atoms with Crippen LogP contribution in [0.25, 0.3) is 22.5 Å². The van der Waals surface area contributed by atoms with Crippen molar-refractivity contribution in [3.05, 3.63) is 76.5 Å². The number of rotatable bonds is 7. The number of carbonyl (C=O) groups is 1. The summed E-state index contributed by atoms with van der Waals surface area (Å²) in [6.07, 6.45) is 8.25. The quantitative estimate of drug-likeness (QED) is 0.375. The highest BCUT2D eigenvalue weighted by Gasteiger charge is 2.21. The van der Waals surface area contributed by atoms with Crippen molar-refractivity contribution in [2.45, 2.75) is 58.4 Å². The number of H-pyrrole nitrogens is 1. The van der Waals surface area contributed by atoms with Gasteiger partial charge in [-0.25, -0.2) is 14.5 Å². The standard InChI is InChI=1S/C29H30N6O2/c1-2-3-11-24-20-35(27(36)18-21-9-5-4-6-10-21)29(37)34(24)19-22-14-16-23(17-15-22)25-12-7-8-13-26(25)28-30-32-33-31-28/h7-8,12-17,20-21H,4-6,9-11,18-19H2,1H3,(H,30,31,32,33). The third kappa shape index (κ3) is 5.46. The molecule has 8 heteroatoms. The Morgan fingerprint density at radius 2 is 1.81 bits per heavy atom. The molecule has 4 aromatic rings. The van der Waals surface area contributed by atoms with E-state index in [2.05, 4.69) is 32.5 Å². The molecule has 37 heavy (non-hydrogen) atoms. The van der Waals surface area contributed by atoms with Gasteiger partial charge in [-0.2, -0.15) is 0 Å². The average Bonchev–Trinajstić information content (AvgIpc) is 3.57. The Labute approximate surface area is 215 Å². The number of nitrogens with zero attached hydrogens (tertiary/aromatic N) is 5. The second-order valence-corrected chi connectivity index (χ2v) is 9.56. The first kappa shape index (κ1) is 24.4. The third-order valence-corrected chi connectivity index (χ3v) is 7.10. The van der Waals surface area contributed by atoms with Crippen LogP contribution in [0.5, 0.6) is 0 Å². The molecule has 8 nitrogen and oxygen atoms in total. The summed E-state index contributed by atoms with van der Waals surface area (Å²) < 4.78 is 2.98. The van der Waals surface area contributed by atoms with Crippen molar-refractivity contribution in [3.8, 4) is 34.4 Å². The summed E-state index contributed by atoms with van der Waals surface area (Å²) in [6, 6.07) is 16.0. The third-order valence-electron chi connectivity index (χ3n) is 7.10.